The summed E-state index contributed by atoms with van der Waals surface area (Å²) in [4.78, 5) is 17.4. The van der Waals surface area contributed by atoms with Gasteiger partial charge >= 0.3 is 5.97 Å². The van der Waals surface area contributed by atoms with Gasteiger partial charge in [-0.1, -0.05) is 52.6 Å². The Morgan fingerprint density at radius 3 is 2.44 bits per heavy atom. The van der Waals surface area contributed by atoms with Crippen molar-refractivity contribution in [2.24, 2.45) is 0 Å². The lowest BCUT2D eigenvalue weighted by atomic mass is 10.0. The quantitative estimate of drug-likeness (QED) is 0.180. The molecule has 0 radical (unpaired) electrons. The Kier molecular flexibility index (Phi) is 7.90. The first-order valence-corrected chi connectivity index (χ1v) is 13.2. The highest BCUT2D eigenvalue weighted by molar-refractivity contribution is 7.86. The fourth-order valence-corrected chi connectivity index (χ4v) is 5.53. The monoisotopic (exact) mass is 565 g/mol. The molecule has 11 heteroatoms. The summed E-state index contributed by atoms with van der Waals surface area (Å²) in [7, 11) is -1.81. The van der Waals surface area contributed by atoms with Crippen molar-refractivity contribution < 1.29 is 18.3 Å². The molecule has 4 rings (SSSR count). The number of hydrogen-bond acceptors (Lipinski definition) is 6. The number of hydrogen-bond donors (Lipinski definition) is 0. The zero-order valence-corrected chi connectivity index (χ0v) is 22.7. The number of carbonyl (C=O) groups excluding carboxylic acids is 1. The number of aromatic nitrogens is 2. The van der Waals surface area contributed by atoms with Crippen molar-refractivity contribution in [1.29, 1.82) is 0 Å². The number of alkyl halides is 1. The second-order valence-electron chi connectivity index (χ2n) is 8.83. The molecule has 36 heavy (non-hydrogen) atoms. The number of carbonyl (C=O) groups is 1. The van der Waals surface area contributed by atoms with E-state index in [4.69, 9.17) is 44.1 Å². The minimum absolute atomic E-state index is 0.112. The molecule has 3 aromatic carbocycles. The zero-order chi connectivity index (χ0) is 26.0. The molecule has 0 aliphatic heterocycles. The normalized spacial score (nSPS) is 12.5. The number of halogens is 3. The molecule has 1 aromatic heterocycles. The molecular formula is C25H22Cl3N3O4S. The van der Waals surface area contributed by atoms with Crippen molar-refractivity contribution in [3.63, 3.8) is 0 Å². The molecule has 7 nitrogen and oxygen atoms in total. The van der Waals surface area contributed by atoms with Crippen molar-refractivity contribution in [2.45, 2.75) is 37.1 Å². The molecule has 0 bridgehead atoms. The zero-order valence-electron chi connectivity index (χ0n) is 19.6. The van der Waals surface area contributed by atoms with Gasteiger partial charge in [-0.2, -0.15) is 4.98 Å². The summed E-state index contributed by atoms with van der Waals surface area (Å²) in [6, 6.07) is 15.7. The lowest BCUT2D eigenvalue weighted by Gasteiger charge is -2.26. The van der Waals surface area contributed by atoms with Gasteiger partial charge in [-0.05, 0) is 61.9 Å². The highest BCUT2D eigenvalue weighted by Gasteiger charge is 2.25. The van der Waals surface area contributed by atoms with Crippen molar-refractivity contribution in [1.82, 2.24) is 10.1 Å². The number of anilines is 1. The van der Waals surface area contributed by atoms with E-state index >= 15 is 0 Å². The second-order valence-corrected chi connectivity index (χ2v) is 11.4. The van der Waals surface area contributed by atoms with Crippen LogP contribution in [-0.4, -0.2) is 32.5 Å². The molecular weight excluding hydrogens is 545 g/mol. The molecule has 0 saturated carbocycles. The minimum Gasteiger partial charge on any atom is -0.459 e. The van der Waals surface area contributed by atoms with E-state index in [1.807, 2.05) is 30.3 Å². The maximum absolute atomic E-state index is 13.7. The first-order valence-electron chi connectivity index (χ1n) is 10.8. The molecule has 0 amide bonds. The Hall–Kier alpha value is -2.65. The molecule has 0 saturated heterocycles. The molecule has 1 unspecified atom stereocenters. The van der Waals surface area contributed by atoms with E-state index in [0.717, 1.165) is 16.3 Å². The number of fused-ring (bicyclic) bond motifs is 1. The van der Waals surface area contributed by atoms with Crippen LogP contribution in [0, 0.1) is 0 Å². The van der Waals surface area contributed by atoms with Crippen molar-refractivity contribution >= 4 is 68.2 Å². The molecule has 0 aliphatic carbocycles. The van der Waals surface area contributed by atoms with E-state index in [0.29, 0.717) is 32.3 Å². The van der Waals surface area contributed by atoms with E-state index in [1.165, 1.54) is 4.31 Å². The van der Waals surface area contributed by atoms with Gasteiger partial charge in [0.15, 0.2) is 11.0 Å². The predicted octanol–water partition coefficient (Wildman–Crippen LogP) is 6.81. The Bertz CT molecular complexity index is 1430. The summed E-state index contributed by atoms with van der Waals surface area (Å²) in [5.41, 5.74) is 0.587. The number of rotatable bonds is 7. The molecule has 4 aromatic rings. The Morgan fingerprint density at radius 2 is 1.81 bits per heavy atom. The van der Waals surface area contributed by atoms with Crippen LogP contribution < -0.4 is 4.31 Å². The van der Waals surface area contributed by atoms with Gasteiger partial charge in [-0.15, -0.1) is 11.6 Å². The smallest absolute Gasteiger partial charge is 0.327 e. The highest BCUT2D eigenvalue weighted by Crippen LogP contribution is 2.32. The highest BCUT2D eigenvalue weighted by atomic mass is 35.5. The number of nitrogens with zero attached hydrogens (tertiary/aromatic N) is 3. The average molecular weight is 567 g/mol. The van der Waals surface area contributed by atoms with E-state index in [9.17, 15) is 9.00 Å². The standard InChI is InChI=1S/C25H22Cl3N3O4S/c1-25(2,3)34-23(32)14-31(36(33)19-11-16(27)10-17(28)12-19)18-7-8-20-15(9-18)5-4-6-21(20)24-29-22(13-26)35-30-24/h4-12H,13-14H2,1-3H3. The Morgan fingerprint density at radius 1 is 1.08 bits per heavy atom. The minimum atomic E-state index is -1.81. The van der Waals surface area contributed by atoms with Gasteiger partial charge in [0.1, 0.15) is 18.0 Å². The Balaban J connectivity index is 1.77. The molecule has 0 spiro atoms. The van der Waals surface area contributed by atoms with Crippen molar-refractivity contribution in [2.75, 3.05) is 10.8 Å². The van der Waals surface area contributed by atoms with Crippen LogP contribution in [0.3, 0.4) is 0 Å². The van der Waals surface area contributed by atoms with Gasteiger partial charge in [-0.3, -0.25) is 9.10 Å². The summed E-state index contributed by atoms with van der Waals surface area (Å²) in [5.74, 6) is 0.310. The second kappa shape index (κ2) is 10.8. The number of esters is 1. The Labute approximate surface area is 225 Å². The third-order valence-corrected chi connectivity index (χ3v) is 6.95. The van der Waals surface area contributed by atoms with Gasteiger partial charge < -0.3 is 9.26 Å². The summed E-state index contributed by atoms with van der Waals surface area (Å²) < 4.78 is 25.8. The van der Waals surface area contributed by atoms with Crippen LogP contribution in [0.25, 0.3) is 22.2 Å². The van der Waals surface area contributed by atoms with Gasteiger partial charge in [0.05, 0.1) is 10.6 Å². The molecule has 0 aliphatic rings. The lowest BCUT2D eigenvalue weighted by molar-refractivity contribution is -0.152. The summed E-state index contributed by atoms with van der Waals surface area (Å²) in [6.45, 7) is 5.05. The van der Waals surface area contributed by atoms with Crippen LogP contribution in [0.1, 0.15) is 26.7 Å². The number of benzene rings is 3. The molecule has 0 fully saturated rings. The molecule has 0 N–H and O–H groups in total. The molecule has 1 heterocycles. The first kappa shape index (κ1) is 26.4. The van der Waals surface area contributed by atoms with Gasteiger partial charge in [0, 0.05) is 15.6 Å². The van der Waals surface area contributed by atoms with Crippen LogP contribution in [0.2, 0.25) is 10.0 Å². The van der Waals surface area contributed by atoms with E-state index in [-0.39, 0.29) is 12.4 Å². The van der Waals surface area contributed by atoms with Crippen LogP contribution in [-0.2, 0) is 26.4 Å². The maximum atomic E-state index is 13.7. The topological polar surface area (TPSA) is 85.5 Å². The van der Waals surface area contributed by atoms with Crippen LogP contribution >= 0.6 is 34.8 Å². The summed E-state index contributed by atoms with van der Waals surface area (Å²) in [5, 5.41) is 6.34. The van der Waals surface area contributed by atoms with Crippen molar-refractivity contribution in [3.05, 3.63) is 70.5 Å². The fourth-order valence-electron chi connectivity index (χ4n) is 3.53. The van der Waals surface area contributed by atoms with Crippen LogP contribution in [0.5, 0.6) is 0 Å². The average Bonchev–Trinajstić information content (AvgIpc) is 3.29. The fraction of sp³-hybridized carbons (Fsp3) is 0.240. The SMILES string of the molecule is CC(C)(C)OC(=O)CN(c1ccc2c(-c3noc(CCl)n3)cccc2c1)S(=O)c1cc(Cl)cc(Cl)c1. The van der Waals surface area contributed by atoms with E-state index in [2.05, 4.69) is 10.1 Å². The molecule has 1 atom stereocenters. The van der Waals surface area contributed by atoms with Gasteiger partial charge in [-0.25, -0.2) is 4.21 Å². The van der Waals surface area contributed by atoms with Crippen molar-refractivity contribution in [3.8, 4) is 11.4 Å². The van der Waals surface area contributed by atoms with E-state index in [1.54, 1.807) is 45.0 Å². The molecule has 188 valence electrons. The van der Waals surface area contributed by atoms with Gasteiger partial charge in [0.2, 0.25) is 11.7 Å². The third kappa shape index (κ3) is 6.18. The predicted molar refractivity (Wildman–Crippen MR) is 143 cm³/mol. The summed E-state index contributed by atoms with van der Waals surface area (Å²) in [6.07, 6.45) is 0. The van der Waals surface area contributed by atoms with E-state index < -0.39 is 22.6 Å². The van der Waals surface area contributed by atoms with Gasteiger partial charge in [0.25, 0.3) is 0 Å². The summed E-state index contributed by atoms with van der Waals surface area (Å²) >= 11 is 18.1. The third-order valence-electron chi connectivity index (χ3n) is 4.91. The maximum Gasteiger partial charge on any atom is 0.327 e. The van der Waals surface area contributed by atoms with Crippen LogP contribution in [0.15, 0.2) is 64.0 Å². The number of ether oxygens (including phenoxy) is 1. The lowest BCUT2D eigenvalue weighted by Crippen LogP contribution is -2.36. The van der Waals surface area contributed by atoms with Crippen LogP contribution in [0.4, 0.5) is 5.69 Å². The first-order chi connectivity index (χ1) is 17.0. The largest absolute Gasteiger partial charge is 0.459 e.